The van der Waals surface area contributed by atoms with Crippen molar-refractivity contribution in [1.82, 2.24) is 15.1 Å². The van der Waals surface area contributed by atoms with Crippen LogP contribution >= 0.6 is 0 Å². The lowest BCUT2D eigenvalue weighted by molar-refractivity contribution is -0.142. The highest BCUT2D eigenvalue weighted by molar-refractivity contribution is 5.83. The molecule has 1 aliphatic carbocycles. The van der Waals surface area contributed by atoms with E-state index in [1.807, 2.05) is 13.8 Å². The molecule has 132 valence electrons. The third kappa shape index (κ3) is 4.91. The number of hydrogen-bond acceptors (Lipinski definition) is 4. The number of carbonyl (C=O) groups is 2. The average Bonchev–Trinajstić information content (AvgIpc) is 2.71. The Morgan fingerprint density at radius 1 is 1.29 bits per heavy atom. The van der Waals surface area contributed by atoms with E-state index in [4.69, 9.17) is 0 Å². The van der Waals surface area contributed by atoms with Gasteiger partial charge >= 0.3 is 5.97 Å². The molecule has 24 heavy (non-hydrogen) atoms. The van der Waals surface area contributed by atoms with E-state index in [9.17, 15) is 19.5 Å². The van der Waals surface area contributed by atoms with E-state index in [0.717, 1.165) is 48.0 Å². The molecule has 0 spiro atoms. The molecule has 1 aromatic heterocycles. The van der Waals surface area contributed by atoms with Gasteiger partial charge in [0.05, 0.1) is 5.69 Å². The average molecular weight is 335 g/mol. The summed E-state index contributed by atoms with van der Waals surface area (Å²) in [5.74, 6) is -1.44. The summed E-state index contributed by atoms with van der Waals surface area (Å²) in [6.45, 7) is 3.52. The van der Waals surface area contributed by atoms with Crippen molar-refractivity contribution >= 4 is 11.9 Å². The topological polar surface area (TPSA) is 101 Å². The van der Waals surface area contributed by atoms with Gasteiger partial charge in [0.2, 0.25) is 5.91 Å². The molecule has 0 bridgehead atoms. The Bertz CT molecular complexity index is 666. The molecule has 0 saturated heterocycles. The molecule has 2 N–H and O–H groups in total. The van der Waals surface area contributed by atoms with Crippen molar-refractivity contribution in [3.8, 4) is 0 Å². The molecule has 0 unspecified atom stereocenters. The van der Waals surface area contributed by atoms with Gasteiger partial charge in [-0.1, -0.05) is 20.3 Å². The number of nitrogens with zero attached hydrogens (tertiary/aromatic N) is 2. The normalized spacial score (nSPS) is 15.5. The zero-order valence-corrected chi connectivity index (χ0v) is 14.2. The van der Waals surface area contributed by atoms with Gasteiger partial charge < -0.3 is 10.4 Å². The third-order valence-electron chi connectivity index (χ3n) is 4.16. The second kappa shape index (κ2) is 8.08. The molecule has 0 radical (unpaired) electrons. The molecular formula is C17H25N3O4. The van der Waals surface area contributed by atoms with Gasteiger partial charge in [0, 0.05) is 6.07 Å². The second-order valence-corrected chi connectivity index (χ2v) is 6.76. The predicted octanol–water partition coefficient (Wildman–Crippen LogP) is 1.13. The number of hydrogen-bond donors (Lipinski definition) is 2. The molecule has 0 aliphatic heterocycles. The molecule has 0 fully saturated rings. The van der Waals surface area contributed by atoms with Gasteiger partial charge in [0.15, 0.2) is 0 Å². The van der Waals surface area contributed by atoms with Gasteiger partial charge in [-0.05, 0) is 43.6 Å². The first-order valence-corrected chi connectivity index (χ1v) is 8.49. The van der Waals surface area contributed by atoms with Crippen molar-refractivity contribution in [1.29, 1.82) is 0 Å². The Kier molecular flexibility index (Phi) is 6.11. The fraction of sp³-hybridized carbons (Fsp3) is 0.647. The van der Waals surface area contributed by atoms with Crippen LogP contribution in [-0.2, 0) is 29.0 Å². The lowest BCUT2D eigenvalue weighted by Crippen LogP contribution is -2.44. The van der Waals surface area contributed by atoms with E-state index in [-0.39, 0.29) is 18.0 Å². The van der Waals surface area contributed by atoms with Gasteiger partial charge in [-0.15, -0.1) is 0 Å². The van der Waals surface area contributed by atoms with Crippen LogP contribution in [0.15, 0.2) is 10.9 Å². The minimum absolute atomic E-state index is 0.139. The minimum atomic E-state index is -1.07. The lowest BCUT2D eigenvalue weighted by Gasteiger charge is -2.17. The molecule has 1 aliphatic rings. The Morgan fingerprint density at radius 3 is 2.67 bits per heavy atom. The van der Waals surface area contributed by atoms with Crippen LogP contribution in [0.2, 0.25) is 0 Å². The van der Waals surface area contributed by atoms with E-state index in [2.05, 4.69) is 10.4 Å². The highest BCUT2D eigenvalue weighted by atomic mass is 16.4. The lowest BCUT2D eigenvalue weighted by atomic mass is 10.0. The molecule has 0 aromatic carbocycles. The molecule has 1 heterocycles. The molecule has 1 aromatic rings. The molecular weight excluding hydrogens is 310 g/mol. The van der Waals surface area contributed by atoms with Crippen LogP contribution in [0, 0.1) is 5.92 Å². The number of aryl methyl sites for hydroxylation is 2. The summed E-state index contributed by atoms with van der Waals surface area (Å²) >= 11 is 0. The van der Waals surface area contributed by atoms with E-state index < -0.39 is 17.9 Å². The van der Waals surface area contributed by atoms with Gasteiger partial charge in [-0.3, -0.25) is 9.59 Å². The van der Waals surface area contributed by atoms with Crippen LogP contribution in [0.25, 0.3) is 0 Å². The number of carboxylic acid groups (broad SMARTS) is 1. The summed E-state index contributed by atoms with van der Waals surface area (Å²) in [6.07, 6.45) is 5.19. The molecule has 0 saturated carbocycles. The van der Waals surface area contributed by atoms with Crippen molar-refractivity contribution in [3.05, 3.63) is 27.7 Å². The van der Waals surface area contributed by atoms with Crippen molar-refractivity contribution in [3.63, 3.8) is 0 Å². The summed E-state index contributed by atoms with van der Waals surface area (Å²) in [4.78, 5) is 35.5. The highest BCUT2D eigenvalue weighted by Crippen LogP contribution is 2.16. The summed E-state index contributed by atoms with van der Waals surface area (Å²) in [5.41, 5.74) is 1.52. The van der Waals surface area contributed by atoms with E-state index in [0.29, 0.717) is 6.42 Å². The Morgan fingerprint density at radius 2 is 2.00 bits per heavy atom. The molecule has 1 amide bonds. The van der Waals surface area contributed by atoms with Gasteiger partial charge in [-0.2, -0.15) is 5.10 Å². The maximum absolute atomic E-state index is 12.1. The standard InChI is InChI=1S/C17H25N3O4/c1-11(2)8-14(17(23)24)18-15(21)10-20-16(22)9-12-6-4-3-5-7-13(12)19-20/h9,11,14H,3-8,10H2,1-2H3,(H,18,21)(H,23,24)/t14-/m0/s1. The van der Waals surface area contributed by atoms with E-state index >= 15 is 0 Å². The van der Waals surface area contributed by atoms with Gasteiger partial charge in [0.1, 0.15) is 12.6 Å². The number of fused-ring (bicyclic) bond motifs is 1. The Hall–Kier alpha value is -2.18. The fourth-order valence-corrected chi connectivity index (χ4v) is 2.96. The zero-order valence-electron chi connectivity index (χ0n) is 14.2. The first-order valence-electron chi connectivity index (χ1n) is 8.49. The predicted molar refractivity (Wildman–Crippen MR) is 88.8 cm³/mol. The van der Waals surface area contributed by atoms with Crippen LogP contribution in [0.3, 0.4) is 0 Å². The molecule has 7 heteroatoms. The van der Waals surface area contributed by atoms with Crippen LogP contribution in [-0.4, -0.2) is 32.8 Å². The molecule has 2 rings (SSSR count). The van der Waals surface area contributed by atoms with Gasteiger partial charge in [0.25, 0.3) is 5.56 Å². The van der Waals surface area contributed by atoms with Crippen molar-refractivity contribution < 1.29 is 14.7 Å². The van der Waals surface area contributed by atoms with Crippen LogP contribution in [0.4, 0.5) is 0 Å². The summed E-state index contributed by atoms with van der Waals surface area (Å²) in [7, 11) is 0. The third-order valence-corrected chi connectivity index (χ3v) is 4.16. The monoisotopic (exact) mass is 335 g/mol. The SMILES string of the molecule is CC(C)C[C@H](NC(=O)Cn1nc2c(cc1=O)CCCCC2)C(=O)O. The number of nitrogens with one attached hydrogen (secondary N) is 1. The second-order valence-electron chi connectivity index (χ2n) is 6.76. The number of aromatic nitrogens is 2. The molecule has 7 nitrogen and oxygen atoms in total. The number of aliphatic carboxylic acids is 1. The van der Waals surface area contributed by atoms with Crippen molar-refractivity contribution in [2.75, 3.05) is 0 Å². The number of rotatable bonds is 6. The summed E-state index contributed by atoms with van der Waals surface area (Å²) < 4.78 is 1.13. The van der Waals surface area contributed by atoms with Crippen molar-refractivity contribution in [2.45, 2.75) is 65.0 Å². The van der Waals surface area contributed by atoms with Crippen LogP contribution in [0.1, 0.15) is 50.8 Å². The minimum Gasteiger partial charge on any atom is -0.480 e. The molecule has 1 atom stereocenters. The maximum atomic E-state index is 12.1. The Labute approximate surface area is 141 Å². The smallest absolute Gasteiger partial charge is 0.326 e. The zero-order chi connectivity index (χ0) is 17.7. The first-order chi connectivity index (χ1) is 11.4. The van der Waals surface area contributed by atoms with Gasteiger partial charge in [-0.25, -0.2) is 9.48 Å². The van der Waals surface area contributed by atoms with Crippen molar-refractivity contribution in [2.24, 2.45) is 5.92 Å². The fourth-order valence-electron chi connectivity index (χ4n) is 2.96. The quantitative estimate of drug-likeness (QED) is 0.759. The number of amides is 1. The number of carbonyl (C=O) groups excluding carboxylic acids is 1. The number of carboxylic acids is 1. The summed E-state index contributed by atoms with van der Waals surface area (Å²) in [5, 5.41) is 16.0. The summed E-state index contributed by atoms with van der Waals surface area (Å²) in [6, 6.07) is 0.609. The maximum Gasteiger partial charge on any atom is 0.326 e. The van der Waals surface area contributed by atoms with E-state index in [1.165, 1.54) is 0 Å². The largest absolute Gasteiger partial charge is 0.480 e. The van der Waals surface area contributed by atoms with Crippen LogP contribution < -0.4 is 10.9 Å². The van der Waals surface area contributed by atoms with E-state index in [1.54, 1.807) is 6.07 Å². The Balaban J connectivity index is 2.09. The first kappa shape index (κ1) is 18.2. The van der Waals surface area contributed by atoms with Crippen LogP contribution in [0.5, 0.6) is 0 Å². The highest BCUT2D eigenvalue weighted by Gasteiger charge is 2.22.